The Morgan fingerprint density at radius 2 is 1.95 bits per heavy atom. The van der Waals surface area contributed by atoms with Gasteiger partial charge in [-0.25, -0.2) is 9.37 Å². The van der Waals surface area contributed by atoms with Crippen LogP contribution in [0, 0.1) is 5.82 Å². The van der Waals surface area contributed by atoms with Gasteiger partial charge in [0.15, 0.2) is 5.13 Å². The lowest BCUT2D eigenvalue weighted by molar-refractivity contribution is 0.627. The highest BCUT2D eigenvalue weighted by Crippen LogP contribution is 2.23. The molecule has 0 fully saturated rings. The third-order valence-corrected chi connectivity index (χ3v) is 3.49. The van der Waals surface area contributed by atoms with Crippen molar-refractivity contribution in [3.63, 3.8) is 0 Å². The van der Waals surface area contributed by atoms with E-state index in [0.717, 1.165) is 22.1 Å². The van der Waals surface area contributed by atoms with E-state index in [-0.39, 0.29) is 5.82 Å². The van der Waals surface area contributed by atoms with Crippen molar-refractivity contribution in [3.05, 3.63) is 59.6 Å². The summed E-state index contributed by atoms with van der Waals surface area (Å²) in [6.07, 6.45) is 4.95. The van der Waals surface area contributed by atoms with Crippen molar-refractivity contribution < 1.29 is 4.39 Å². The highest BCUT2D eigenvalue weighted by atomic mass is 32.1. The molecule has 0 radical (unpaired) electrons. The summed E-state index contributed by atoms with van der Waals surface area (Å²) >= 11 is 1.50. The molecule has 2 heterocycles. The van der Waals surface area contributed by atoms with E-state index in [9.17, 15) is 4.39 Å². The quantitative estimate of drug-likeness (QED) is 0.799. The second-order valence-corrected chi connectivity index (χ2v) is 4.97. The SMILES string of the molecule is Fc1ccc(CNc2nc(-c3cnccn3)cs2)cc1. The molecule has 2 aromatic heterocycles. The summed E-state index contributed by atoms with van der Waals surface area (Å²) in [5, 5.41) is 5.94. The molecule has 1 aromatic carbocycles. The number of anilines is 1. The van der Waals surface area contributed by atoms with E-state index in [1.807, 2.05) is 5.38 Å². The largest absolute Gasteiger partial charge is 0.357 e. The van der Waals surface area contributed by atoms with E-state index < -0.39 is 0 Å². The Bertz CT molecular complexity index is 682. The predicted molar refractivity (Wildman–Crippen MR) is 76.9 cm³/mol. The first-order valence-electron chi connectivity index (χ1n) is 6.01. The van der Waals surface area contributed by atoms with Gasteiger partial charge < -0.3 is 5.32 Å². The Morgan fingerprint density at radius 1 is 1.10 bits per heavy atom. The summed E-state index contributed by atoms with van der Waals surface area (Å²) in [5.74, 6) is -0.229. The number of rotatable bonds is 4. The van der Waals surface area contributed by atoms with Crippen LogP contribution in [0.4, 0.5) is 9.52 Å². The predicted octanol–water partition coefficient (Wildman–Crippen LogP) is 3.35. The smallest absolute Gasteiger partial charge is 0.183 e. The summed E-state index contributed by atoms with van der Waals surface area (Å²) < 4.78 is 12.8. The van der Waals surface area contributed by atoms with E-state index in [0.29, 0.717) is 6.54 Å². The topological polar surface area (TPSA) is 50.7 Å². The van der Waals surface area contributed by atoms with Crippen molar-refractivity contribution in [1.29, 1.82) is 0 Å². The third-order valence-electron chi connectivity index (χ3n) is 2.69. The molecule has 0 atom stereocenters. The van der Waals surface area contributed by atoms with Gasteiger partial charge in [-0.1, -0.05) is 12.1 Å². The number of halogens is 1. The van der Waals surface area contributed by atoms with Crippen LogP contribution in [0.25, 0.3) is 11.4 Å². The number of hydrogen-bond donors (Lipinski definition) is 1. The Hall–Kier alpha value is -2.34. The van der Waals surface area contributed by atoms with Crippen LogP contribution in [-0.2, 0) is 6.54 Å². The molecule has 100 valence electrons. The van der Waals surface area contributed by atoms with Gasteiger partial charge in [0.2, 0.25) is 0 Å². The molecule has 0 aliphatic rings. The van der Waals surface area contributed by atoms with Crippen molar-refractivity contribution in [2.24, 2.45) is 0 Å². The van der Waals surface area contributed by atoms with Gasteiger partial charge >= 0.3 is 0 Å². The lowest BCUT2D eigenvalue weighted by Gasteiger charge is -2.02. The van der Waals surface area contributed by atoms with E-state index >= 15 is 0 Å². The Labute approximate surface area is 119 Å². The molecule has 0 amide bonds. The highest BCUT2D eigenvalue weighted by Gasteiger charge is 2.05. The number of nitrogens with zero attached hydrogens (tertiary/aromatic N) is 3. The molecular weight excluding hydrogens is 275 g/mol. The van der Waals surface area contributed by atoms with Crippen molar-refractivity contribution in [2.75, 3.05) is 5.32 Å². The van der Waals surface area contributed by atoms with Crippen LogP contribution < -0.4 is 5.32 Å². The maximum absolute atomic E-state index is 12.8. The fourth-order valence-electron chi connectivity index (χ4n) is 1.68. The summed E-state index contributed by atoms with van der Waals surface area (Å²) in [6.45, 7) is 0.605. The number of thiazole rings is 1. The van der Waals surface area contributed by atoms with Gasteiger partial charge in [-0.05, 0) is 17.7 Å². The minimum atomic E-state index is -0.229. The number of benzene rings is 1. The standard InChI is InChI=1S/C14H11FN4S/c15-11-3-1-10(2-4-11)7-18-14-19-13(9-20-14)12-8-16-5-6-17-12/h1-6,8-9H,7H2,(H,18,19). The number of hydrogen-bond acceptors (Lipinski definition) is 5. The minimum Gasteiger partial charge on any atom is -0.357 e. The Kier molecular flexibility index (Phi) is 3.64. The van der Waals surface area contributed by atoms with Crippen molar-refractivity contribution in [2.45, 2.75) is 6.54 Å². The lowest BCUT2D eigenvalue weighted by Crippen LogP contribution is -1.98. The van der Waals surface area contributed by atoms with E-state index in [4.69, 9.17) is 0 Å². The zero-order valence-corrected chi connectivity index (χ0v) is 11.3. The minimum absolute atomic E-state index is 0.229. The molecule has 3 aromatic rings. The van der Waals surface area contributed by atoms with Gasteiger partial charge in [0, 0.05) is 24.3 Å². The van der Waals surface area contributed by atoms with Crippen LogP contribution in [0.15, 0.2) is 48.2 Å². The van der Waals surface area contributed by atoms with E-state index in [2.05, 4.69) is 20.3 Å². The third kappa shape index (κ3) is 2.97. The van der Waals surface area contributed by atoms with Gasteiger partial charge in [0.05, 0.1) is 6.20 Å². The molecule has 0 spiro atoms. The Morgan fingerprint density at radius 3 is 2.70 bits per heavy atom. The van der Waals surface area contributed by atoms with E-state index in [1.165, 1.54) is 23.5 Å². The van der Waals surface area contributed by atoms with Crippen LogP contribution in [0.2, 0.25) is 0 Å². The van der Waals surface area contributed by atoms with Gasteiger partial charge in [-0.3, -0.25) is 9.97 Å². The number of nitrogens with one attached hydrogen (secondary N) is 1. The van der Waals surface area contributed by atoms with Crippen molar-refractivity contribution in [1.82, 2.24) is 15.0 Å². The average Bonchev–Trinajstić information content (AvgIpc) is 2.97. The molecule has 3 rings (SSSR count). The lowest BCUT2D eigenvalue weighted by atomic mass is 10.2. The monoisotopic (exact) mass is 286 g/mol. The molecule has 20 heavy (non-hydrogen) atoms. The first kappa shape index (κ1) is 12.7. The fraction of sp³-hybridized carbons (Fsp3) is 0.0714. The summed E-state index contributed by atoms with van der Waals surface area (Å²) in [7, 11) is 0. The van der Waals surface area contributed by atoms with Crippen LogP contribution in [0.1, 0.15) is 5.56 Å². The normalized spacial score (nSPS) is 10.4. The molecule has 6 heteroatoms. The van der Waals surface area contributed by atoms with Crippen LogP contribution in [-0.4, -0.2) is 15.0 Å². The highest BCUT2D eigenvalue weighted by molar-refractivity contribution is 7.14. The zero-order chi connectivity index (χ0) is 13.8. The molecule has 0 unspecified atom stereocenters. The van der Waals surface area contributed by atoms with Crippen LogP contribution in [0.3, 0.4) is 0 Å². The molecule has 0 aliphatic carbocycles. The van der Waals surface area contributed by atoms with Gasteiger partial charge in [-0.15, -0.1) is 11.3 Å². The maximum Gasteiger partial charge on any atom is 0.183 e. The second-order valence-electron chi connectivity index (χ2n) is 4.11. The summed E-state index contributed by atoms with van der Waals surface area (Å²) in [4.78, 5) is 12.7. The first-order valence-corrected chi connectivity index (χ1v) is 6.89. The van der Waals surface area contributed by atoms with Gasteiger partial charge in [-0.2, -0.15) is 0 Å². The van der Waals surface area contributed by atoms with Crippen molar-refractivity contribution >= 4 is 16.5 Å². The molecule has 4 nitrogen and oxygen atoms in total. The molecule has 0 bridgehead atoms. The molecule has 0 saturated carbocycles. The second kappa shape index (κ2) is 5.75. The molecule has 1 N–H and O–H groups in total. The molecule has 0 saturated heterocycles. The Balaban J connectivity index is 1.67. The number of aromatic nitrogens is 3. The van der Waals surface area contributed by atoms with Crippen molar-refractivity contribution in [3.8, 4) is 11.4 Å². The molecular formula is C14H11FN4S. The zero-order valence-electron chi connectivity index (χ0n) is 10.5. The average molecular weight is 286 g/mol. The fourth-order valence-corrected chi connectivity index (χ4v) is 2.39. The maximum atomic E-state index is 12.8. The van der Waals surface area contributed by atoms with Gasteiger partial charge in [0.25, 0.3) is 0 Å². The first-order chi connectivity index (χ1) is 9.81. The van der Waals surface area contributed by atoms with Crippen LogP contribution in [0.5, 0.6) is 0 Å². The van der Waals surface area contributed by atoms with Crippen LogP contribution >= 0.6 is 11.3 Å². The summed E-state index contributed by atoms with van der Waals surface area (Å²) in [6, 6.07) is 6.40. The summed E-state index contributed by atoms with van der Waals surface area (Å²) in [5.41, 5.74) is 2.55. The van der Waals surface area contributed by atoms with Gasteiger partial charge in [0.1, 0.15) is 17.2 Å². The van der Waals surface area contributed by atoms with E-state index in [1.54, 1.807) is 30.7 Å². The molecule has 0 aliphatic heterocycles.